The van der Waals surface area contributed by atoms with Gasteiger partial charge in [0.05, 0.1) is 28.0 Å². The Morgan fingerprint density at radius 3 is 2.45 bits per heavy atom. The lowest BCUT2D eigenvalue weighted by molar-refractivity contribution is 0.103. The fraction of sp³-hybridized carbons (Fsp3) is 0.0952. The molecule has 10 heteroatoms. The van der Waals surface area contributed by atoms with Gasteiger partial charge in [-0.15, -0.1) is 11.3 Å². The Labute approximate surface area is 182 Å². The summed E-state index contributed by atoms with van der Waals surface area (Å²) >= 11 is 1.14. The molecule has 0 atom stereocenters. The first-order chi connectivity index (χ1) is 14.7. The van der Waals surface area contributed by atoms with Gasteiger partial charge in [0, 0.05) is 5.69 Å². The second-order valence-corrected chi connectivity index (χ2v) is 9.48. The van der Waals surface area contributed by atoms with Crippen LogP contribution in [0.3, 0.4) is 0 Å². The number of nitrogens with zero attached hydrogens (tertiary/aromatic N) is 2. The molecule has 2 aromatic heterocycles. The van der Waals surface area contributed by atoms with Crippen LogP contribution in [0.4, 0.5) is 5.69 Å². The quantitative estimate of drug-likeness (QED) is 0.480. The number of hydrogen-bond acceptors (Lipinski definition) is 6. The van der Waals surface area contributed by atoms with Crippen molar-refractivity contribution >= 4 is 43.2 Å². The minimum Gasteiger partial charge on any atom is -0.321 e. The van der Waals surface area contributed by atoms with Crippen LogP contribution >= 0.6 is 11.3 Å². The highest BCUT2D eigenvalue weighted by molar-refractivity contribution is 7.89. The van der Waals surface area contributed by atoms with E-state index < -0.39 is 15.9 Å². The molecule has 0 radical (unpaired) electrons. The van der Waals surface area contributed by atoms with Crippen LogP contribution < -0.4 is 16.0 Å². The Morgan fingerprint density at radius 2 is 1.81 bits per heavy atom. The van der Waals surface area contributed by atoms with E-state index in [1.807, 2.05) is 30.3 Å². The smallest absolute Gasteiger partial charge is 0.266 e. The van der Waals surface area contributed by atoms with Crippen molar-refractivity contribution in [2.24, 2.45) is 5.14 Å². The van der Waals surface area contributed by atoms with Crippen LogP contribution in [-0.4, -0.2) is 23.9 Å². The summed E-state index contributed by atoms with van der Waals surface area (Å²) in [5.41, 5.74) is 1.72. The molecule has 2 heterocycles. The zero-order valence-corrected chi connectivity index (χ0v) is 18.0. The van der Waals surface area contributed by atoms with E-state index in [2.05, 4.69) is 10.3 Å². The van der Waals surface area contributed by atoms with E-state index in [1.165, 1.54) is 35.2 Å². The summed E-state index contributed by atoms with van der Waals surface area (Å²) in [6, 6.07) is 15.1. The fourth-order valence-electron chi connectivity index (χ4n) is 3.18. The molecule has 0 unspecified atom stereocenters. The van der Waals surface area contributed by atoms with Gasteiger partial charge in [0.2, 0.25) is 10.0 Å². The van der Waals surface area contributed by atoms with E-state index in [0.717, 1.165) is 16.9 Å². The zero-order chi connectivity index (χ0) is 22.2. The first-order valence-electron chi connectivity index (χ1n) is 9.21. The van der Waals surface area contributed by atoms with Crippen LogP contribution in [0.25, 0.3) is 10.2 Å². The highest BCUT2D eigenvalue weighted by atomic mass is 32.2. The van der Waals surface area contributed by atoms with Gasteiger partial charge in [0.15, 0.2) is 0 Å². The molecule has 1 amide bonds. The lowest BCUT2D eigenvalue weighted by Gasteiger charge is -2.06. The van der Waals surface area contributed by atoms with Crippen LogP contribution in [0.1, 0.15) is 20.8 Å². The van der Waals surface area contributed by atoms with Crippen LogP contribution in [0.15, 0.2) is 70.6 Å². The molecule has 0 fully saturated rings. The second-order valence-electron chi connectivity index (χ2n) is 6.92. The van der Waals surface area contributed by atoms with Gasteiger partial charge >= 0.3 is 0 Å². The number of hydrogen-bond donors (Lipinski definition) is 2. The Hall–Kier alpha value is -3.34. The van der Waals surface area contributed by atoms with E-state index in [9.17, 15) is 18.0 Å². The summed E-state index contributed by atoms with van der Waals surface area (Å²) in [7, 11) is -3.81. The standard InChI is InChI=1S/C21H18N4O4S2/c1-13-17-20(23-12-25(21(17)27)11-14-5-3-2-4-6-14)30-18(13)19(26)24-15-7-9-16(10-8-15)31(22,28)29/h2-10,12H,11H2,1H3,(H,24,26)(H2,22,28,29). The van der Waals surface area contributed by atoms with Gasteiger partial charge in [-0.3, -0.25) is 14.2 Å². The molecule has 0 saturated heterocycles. The molecule has 2 aromatic carbocycles. The zero-order valence-electron chi connectivity index (χ0n) is 16.4. The number of benzene rings is 2. The number of thiophene rings is 1. The Kier molecular flexibility index (Phi) is 5.44. The van der Waals surface area contributed by atoms with Gasteiger partial charge in [-0.1, -0.05) is 30.3 Å². The number of fused-ring (bicyclic) bond motifs is 1. The summed E-state index contributed by atoms with van der Waals surface area (Å²) < 4.78 is 24.2. The van der Waals surface area contributed by atoms with E-state index in [4.69, 9.17) is 5.14 Å². The van der Waals surface area contributed by atoms with E-state index in [1.54, 1.807) is 6.92 Å². The van der Waals surface area contributed by atoms with Gasteiger partial charge in [0.1, 0.15) is 4.83 Å². The molecular weight excluding hydrogens is 436 g/mol. The Morgan fingerprint density at radius 1 is 1.13 bits per heavy atom. The molecule has 0 aliphatic rings. The van der Waals surface area contributed by atoms with Gasteiger partial charge in [-0.05, 0) is 42.3 Å². The Bertz CT molecular complexity index is 1440. The normalized spacial score (nSPS) is 11.5. The van der Waals surface area contributed by atoms with Crippen molar-refractivity contribution in [2.45, 2.75) is 18.4 Å². The number of aryl methyl sites for hydroxylation is 1. The van der Waals surface area contributed by atoms with Crippen molar-refractivity contribution in [3.63, 3.8) is 0 Å². The maximum atomic E-state index is 13.0. The summed E-state index contributed by atoms with van der Waals surface area (Å²) in [6.45, 7) is 2.10. The number of nitrogens with two attached hydrogens (primary N) is 1. The van der Waals surface area contributed by atoms with Crippen LogP contribution in [0.2, 0.25) is 0 Å². The third-order valence-electron chi connectivity index (χ3n) is 4.76. The van der Waals surface area contributed by atoms with Crippen molar-refractivity contribution in [3.05, 3.63) is 87.3 Å². The topological polar surface area (TPSA) is 124 Å². The van der Waals surface area contributed by atoms with E-state index in [-0.39, 0.29) is 10.5 Å². The predicted octanol–water partition coefficient (Wildman–Crippen LogP) is 2.71. The van der Waals surface area contributed by atoms with Crippen molar-refractivity contribution in [3.8, 4) is 0 Å². The SMILES string of the molecule is Cc1c(C(=O)Nc2ccc(S(N)(=O)=O)cc2)sc2ncn(Cc3ccccc3)c(=O)c12. The molecule has 0 saturated carbocycles. The Balaban J connectivity index is 1.64. The van der Waals surface area contributed by atoms with Crippen molar-refractivity contribution < 1.29 is 13.2 Å². The lowest BCUT2D eigenvalue weighted by atomic mass is 10.2. The average molecular weight is 455 g/mol. The maximum Gasteiger partial charge on any atom is 0.266 e. The number of primary sulfonamides is 1. The molecule has 158 valence electrons. The van der Waals surface area contributed by atoms with Crippen LogP contribution in [0.5, 0.6) is 0 Å². The number of amides is 1. The third-order valence-corrected chi connectivity index (χ3v) is 6.89. The first-order valence-corrected chi connectivity index (χ1v) is 11.6. The highest BCUT2D eigenvalue weighted by Gasteiger charge is 2.20. The second kappa shape index (κ2) is 8.06. The van der Waals surface area contributed by atoms with Crippen molar-refractivity contribution in [2.75, 3.05) is 5.32 Å². The number of rotatable bonds is 5. The van der Waals surface area contributed by atoms with Crippen LogP contribution in [-0.2, 0) is 16.6 Å². The number of aromatic nitrogens is 2. The maximum absolute atomic E-state index is 13.0. The molecule has 0 aliphatic carbocycles. The van der Waals surface area contributed by atoms with E-state index >= 15 is 0 Å². The molecule has 31 heavy (non-hydrogen) atoms. The largest absolute Gasteiger partial charge is 0.321 e. The van der Waals surface area contributed by atoms with E-state index in [0.29, 0.717) is 32.9 Å². The lowest BCUT2D eigenvalue weighted by Crippen LogP contribution is -2.21. The number of sulfonamides is 1. The van der Waals surface area contributed by atoms with Gasteiger partial charge in [-0.2, -0.15) is 0 Å². The number of carbonyl (C=O) groups is 1. The monoisotopic (exact) mass is 454 g/mol. The average Bonchev–Trinajstić information content (AvgIpc) is 3.08. The summed E-state index contributed by atoms with van der Waals surface area (Å²) in [6.07, 6.45) is 1.49. The molecule has 0 aliphatic heterocycles. The number of anilines is 1. The van der Waals surface area contributed by atoms with Crippen LogP contribution in [0, 0.1) is 6.92 Å². The molecule has 4 rings (SSSR count). The van der Waals surface area contributed by atoms with Gasteiger partial charge < -0.3 is 5.32 Å². The molecule has 0 bridgehead atoms. The fourth-order valence-corrected chi connectivity index (χ4v) is 4.73. The molecule has 3 N–H and O–H groups in total. The summed E-state index contributed by atoms with van der Waals surface area (Å²) in [5.74, 6) is -0.405. The molecule has 0 spiro atoms. The molecule has 8 nitrogen and oxygen atoms in total. The number of carbonyl (C=O) groups excluding carboxylic acids is 1. The minimum atomic E-state index is -3.81. The minimum absolute atomic E-state index is 0.0493. The van der Waals surface area contributed by atoms with Crippen molar-refractivity contribution in [1.29, 1.82) is 0 Å². The highest BCUT2D eigenvalue weighted by Crippen LogP contribution is 2.28. The molecule has 4 aromatic rings. The summed E-state index contributed by atoms with van der Waals surface area (Å²) in [5, 5.41) is 8.21. The number of nitrogens with one attached hydrogen (secondary N) is 1. The third kappa shape index (κ3) is 4.26. The first kappa shape index (κ1) is 20.9. The molecular formula is C21H18N4O4S2. The van der Waals surface area contributed by atoms with Gasteiger partial charge in [0.25, 0.3) is 11.5 Å². The van der Waals surface area contributed by atoms with Gasteiger partial charge in [-0.25, -0.2) is 18.5 Å². The summed E-state index contributed by atoms with van der Waals surface area (Å²) in [4.78, 5) is 31.0. The predicted molar refractivity (Wildman–Crippen MR) is 120 cm³/mol. The van der Waals surface area contributed by atoms with Crippen molar-refractivity contribution in [1.82, 2.24) is 9.55 Å².